The molecule has 0 spiro atoms. The van der Waals surface area contributed by atoms with Gasteiger partial charge in [-0.3, -0.25) is 0 Å². The van der Waals surface area contributed by atoms with Crippen molar-refractivity contribution in [1.29, 1.82) is 0 Å². The van der Waals surface area contributed by atoms with Gasteiger partial charge in [0.1, 0.15) is 6.61 Å². The van der Waals surface area contributed by atoms with E-state index in [-0.39, 0.29) is 0 Å². The summed E-state index contributed by atoms with van der Waals surface area (Å²) in [5, 5.41) is 0. The highest BCUT2D eigenvalue weighted by Crippen LogP contribution is 2.38. The van der Waals surface area contributed by atoms with Crippen LogP contribution in [-0.4, -0.2) is 14.2 Å². The fourth-order valence-electron chi connectivity index (χ4n) is 1.88. The van der Waals surface area contributed by atoms with E-state index < -0.39 is 0 Å². The van der Waals surface area contributed by atoms with Crippen LogP contribution in [0, 0.1) is 6.92 Å². The Morgan fingerprint density at radius 2 is 1.47 bits per heavy atom. The second-order valence-corrected chi connectivity index (χ2v) is 4.27. The molecule has 0 aliphatic carbocycles. The number of benzene rings is 2. The Labute approximate surface area is 113 Å². The third kappa shape index (κ3) is 3.19. The zero-order valence-corrected chi connectivity index (χ0v) is 11.5. The van der Waals surface area contributed by atoms with E-state index in [2.05, 4.69) is 0 Å². The van der Waals surface area contributed by atoms with E-state index in [1.807, 2.05) is 49.4 Å². The molecule has 0 unspecified atom stereocenters. The Morgan fingerprint density at radius 1 is 0.895 bits per heavy atom. The van der Waals surface area contributed by atoms with E-state index in [1.165, 1.54) is 0 Å². The summed E-state index contributed by atoms with van der Waals surface area (Å²) >= 11 is 0. The fourth-order valence-corrected chi connectivity index (χ4v) is 1.88. The molecule has 0 aliphatic rings. The van der Waals surface area contributed by atoms with Crippen LogP contribution in [0.3, 0.4) is 0 Å². The van der Waals surface area contributed by atoms with Gasteiger partial charge in [-0.15, -0.1) is 0 Å². The predicted molar refractivity (Wildman–Crippen MR) is 75.1 cm³/mol. The van der Waals surface area contributed by atoms with Crippen LogP contribution in [-0.2, 0) is 6.61 Å². The Morgan fingerprint density at radius 3 is 2.00 bits per heavy atom. The van der Waals surface area contributed by atoms with Crippen molar-refractivity contribution < 1.29 is 14.2 Å². The Bertz CT molecular complexity index is 510. The molecule has 0 aromatic heterocycles. The molecule has 2 rings (SSSR count). The summed E-state index contributed by atoms with van der Waals surface area (Å²) in [4.78, 5) is 0. The molecule has 0 atom stereocenters. The van der Waals surface area contributed by atoms with Crippen LogP contribution in [0.4, 0.5) is 0 Å². The van der Waals surface area contributed by atoms with Gasteiger partial charge < -0.3 is 14.2 Å². The van der Waals surface area contributed by atoms with Crippen LogP contribution in [0.25, 0.3) is 0 Å². The van der Waals surface area contributed by atoms with Crippen molar-refractivity contribution in [1.82, 2.24) is 0 Å². The van der Waals surface area contributed by atoms with E-state index in [1.54, 1.807) is 14.2 Å². The molecule has 100 valence electrons. The minimum absolute atomic E-state index is 0.483. The quantitative estimate of drug-likeness (QED) is 0.820. The highest BCUT2D eigenvalue weighted by atomic mass is 16.5. The smallest absolute Gasteiger partial charge is 0.203 e. The van der Waals surface area contributed by atoms with Gasteiger partial charge >= 0.3 is 0 Å². The molecule has 0 N–H and O–H groups in total. The first-order valence-electron chi connectivity index (χ1n) is 6.14. The second-order valence-electron chi connectivity index (χ2n) is 4.27. The van der Waals surface area contributed by atoms with Crippen molar-refractivity contribution in [2.24, 2.45) is 0 Å². The van der Waals surface area contributed by atoms with Gasteiger partial charge in [-0.25, -0.2) is 0 Å². The molecule has 0 bridgehead atoms. The van der Waals surface area contributed by atoms with Crippen molar-refractivity contribution in [3.05, 3.63) is 53.6 Å². The molecule has 19 heavy (non-hydrogen) atoms. The van der Waals surface area contributed by atoms with Gasteiger partial charge in [0.2, 0.25) is 5.75 Å². The maximum atomic E-state index is 5.84. The van der Waals surface area contributed by atoms with Crippen molar-refractivity contribution >= 4 is 0 Å². The summed E-state index contributed by atoms with van der Waals surface area (Å²) in [6.45, 7) is 2.47. The third-order valence-electron chi connectivity index (χ3n) is 2.83. The van der Waals surface area contributed by atoms with Crippen LogP contribution in [0.1, 0.15) is 11.1 Å². The molecule has 0 saturated heterocycles. The van der Waals surface area contributed by atoms with E-state index in [0.717, 1.165) is 11.1 Å². The SMILES string of the molecule is COc1cc(C)cc(OC)c1OCc1ccccc1. The first kappa shape index (κ1) is 13.3. The van der Waals surface area contributed by atoms with E-state index >= 15 is 0 Å². The molecule has 0 amide bonds. The molecule has 2 aromatic rings. The molecule has 3 heteroatoms. The summed E-state index contributed by atoms with van der Waals surface area (Å²) in [7, 11) is 3.26. The van der Waals surface area contributed by atoms with Crippen molar-refractivity contribution in [2.75, 3.05) is 14.2 Å². The highest BCUT2D eigenvalue weighted by molar-refractivity contribution is 5.53. The Kier molecular flexibility index (Phi) is 4.29. The largest absolute Gasteiger partial charge is 0.493 e. The zero-order chi connectivity index (χ0) is 13.7. The summed E-state index contributed by atoms with van der Waals surface area (Å²) in [6.07, 6.45) is 0. The molecule has 0 aliphatic heterocycles. The maximum absolute atomic E-state index is 5.84. The van der Waals surface area contributed by atoms with Gasteiger partial charge in [-0.1, -0.05) is 30.3 Å². The molecular formula is C16H18O3. The lowest BCUT2D eigenvalue weighted by Crippen LogP contribution is -2.00. The van der Waals surface area contributed by atoms with Crippen LogP contribution >= 0.6 is 0 Å². The van der Waals surface area contributed by atoms with Gasteiger partial charge in [-0.05, 0) is 30.2 Å². The first-order chi connectivity index (χ1) is 9.24. The second kappa shape index (κ2) is 6.14. The third-order valence-corrected chi connectivity index (χ3v) is 2.83. The minimum atomic E-state index is 0.483. The average molecular weight is 258 g/mol. The average Bonchev–Trinajstić information content (AvgIpc) is 2.46. The molecule has 0 fully saturated rings. The van der Waals surface area contributed by atoms with Gasteiger partial charge in [0.25, 0.3) is 0 Å². The number of aryl methyl sites for hydroxylation is 1. The van der Waals surface area contributed by atoms with E-state index in [0.29, 0.717) is 23.9 Å². The summed E-state index contributed by atoms with van der Waals surface area (Å²) in [5.74, 6) is 2.01. The van der Waals surface area contributed by atoms with Gasteiger partial charge in [0, 0.05) is 0 Å². The predicted octanol–water partition coefficient (Wildman–Crippen LogP) is 3.59. The van der Waals surface area contributed by atoms with Crippen molar-refractivity contribution in [2.45, 2.75) is 13.5 Å². The van der Waals surface area contributed by atoms with Crippen molar-refractivity contribution in [3.63, 3.8) is 0 Å². The molecule has 0 heterocycles. The fraction of sp³-hybridized carbons (Fsp3) is 0.250. The number of hydrogen-bond donors (Lipinski definition) is 0. The summed E-state index contributed by atoms with van der Waals surface area (Å²) in [6, 6.07) is 13.9. The Balaban J connectivity index is 2.23. The number of ether oxygens (including phenoxy) is 3. The van der Waals surface area contributed by atoms with Crippen molar-refractivity contribution in [3.8, 4) is 17.2 Å². The van der Waals surface area contributed by atoms with Gasteiger partial charge in [-0.2, -0.15) is 0 Å². The van der Waals surface area contributed by atoms with Gasteiger partial charge in [0.15, 0.2) is 11.5 Å². The number of methoxy groups -OCH3 is 2. The zero-order valence-electron chi connectivity index (χ0n) is 11.5. The van der Waals surface area contributed by atoms with Crippen LogP contribution in [0.5, 0.6) is 17.2 Å². The van der Waals surface area contributed by atoms with Crippen LogP contribution in [0.15, 0.2) is 42.5 Å². The molecule has 2 aromatic carbocycles. The summed E-state index contributed by atoms with van der Waals surface area (Å²) < 4.78 is 16.5. The van der Waals surface area contributed by atoms with E-state index in [4.69, 9.17) is 14.2 Å². The van der Waals surface area contributed by atoms with Crippen LogP contribution < -0.4 is 14.2 Å². The molecular weight excluding hydrogens is 240 g/mol. The maximum Gasteiger partial charge on any atom is 0.203 e. The topological polar surface area (TPSA) is 27.7 Å². The molecule has 0 radical (unpaired) electrons. The normalized spacial score (nSPS) is 10.1. The minimum Gasteiger partial charge on any atom is -0.493 e. The standard InChI is InChI=1S/C16H18O3/c1-12-9-14(17-2)16(15(10-12)18-3)19-11-13-7-5-4-6-8-13/h4-10H,11H2,1-3H3. The lowest BCUT2D eigenvalue weighted by molar-refractivity contribution is 0.265. The first-order valence-corrected chi connectivity index (χ1v) is 6.14. The Hall–Kier alpha value is -2.16. The monoisotopic (exact) mass is 258 g/mol. The van der Waals surface area contributed by atoms with E-state index in [9.17, 15) is 0 Å². The lowest BCUT2D eigenvalue weighted by Gasteiger charge is -2.15. The van der Waals surface area contributed by atoms with Crippen LogP contribution in [0.2, 0.25) is 0 Å². The number of rotatable bonds is 5. The number of hydrogen-bond acceptors (Lipinski definition) is 3. The summed E-state index contributed by atoms with van der Waals surface area (Å²) in [5.41, 5.74) is 2.17. The lowest BCUT2D eigenvalue weighted by atomic mass is 10.2. The molecule has 3 nitrogen and oxygen atoms in total. The molecule has 0 saturated carbocycles. The highest BCUT2D eigenvalue weighted by Gasteiger charge is 2.12. The van der Waals surface area contributed by atoms with Gasteiger partial charge in [0.05, 0.1) is 14.2 Å².